The Morgan fingerprint density at radius 3 is 1.82 bits per heavy atom. The maximum Gasteiger partial charge on any atom is 0.239 e. The summed E-state index contributed by atoms with van der Waals surface area (Å²) in [6.07, 6.45) is 0. The zero-order chi connectivity index (χ0) is 13.2. The van der Waals surface area contributed by atoms with Crippen LogP contribution in [0.3, 0.4) is 0 Å². The molecule has 1 heterocycles. The van der Waals surface area contributed by atoms with Gasteiger partial charge < -0.3 is 9.80 Å². The lowest BCUT2D eigenvalue weighted by atomic mass is 10.1. The first-order valence-electron chi connectivity index (χ1n) is 6.00. The third-order valence-corrected chi connectivity index (χ3v) is 3.22. The molecule has 1 aliphatic rings. The first-order chi connectivity index (χ1) is 7.73. The van der Waals surface area contributed by atoms with Gasteiger partial charge in [-0.15, -0.1) is 0 Å². The first kappa shape index (κ1) is 14.5. The Kier molecular flexibility index (Phi) is 4.58. The first-order valence-corrected chi connectivity index (χ1v) is 6.80. The minimum Gasteiger partial charge on any atom is -0.339 e. The predicted molar refractivity (Wildman–Crippen MR) is 71.0 cm³/mol. The molecule has 1 fully saturated rings. The van der Waals surface area contributed by atoms with Crippen LogP contribution in [-0.4, -0.2) is 52.1 Å². The topological polar surface area (TPSA) is 40.6 Å². The summed E-state index contributed by atoms with van der Waals surface area (Å²) in [6, 6.07) is 0. The van der Waals surface area contributed by atoms with E-state index in [9.17, 15) is 9.59 Å². The summed E-state index contributed by atoms with van der Waals surface area (Å²) < 4.78 is -0.517. The van der Waals surface area contributed by atoms with E-state index in [-0.39, 0.29) is 17.7 Å². The fourth-order valence-corrected chi connectivity index (χ4v) is 2.12. The summed E-state index contributed by atoms with van der Waals surface area (Å²) in [7, 11) is 0. The molecule has 0 saturated carbocycles. The van der Waals surface area contributed by atoms with Crippen molar-refractivity contribution in [2.45, 2.75) is 32.0 Å². The molecule has 0 aromatic carbocycles. The molecule has 0 aromatic heterocycles. The Labute approximate surface area is 111 Å². The number of rotatable bonds is 2. The van der Waals surface area contributed by atoms with E-state index >= 15 is 0 Å². The molecule has 1 saturated heterocycles. The highest BCUT2D eigenvalue weighted by atomic mass is 79.9. The molecule has 0 N–H and O–H groups in total. The van der Waals surface area contributed by atoms with Crippen molar-refractivity contribution < 1.29 is 9.59 Å². The zero-order valence-electron chi connectivity index (χ0n) is 11.0. The van der Waals surface area contributed by atoms with Crippen LogP contribution >= 0.6 is 15.9 Å². The number of halogens is 1. The molecule has 4 nitrogen and oxygen atoms in total. The van der Waals surface area contributed by atoms with Gasteiger partial charge in [-0.2, -0.15) is 0 Å². The zero-order valence-corrected chi connectivity index (χ0v) is 12.6. The summed E-state index contributed by atoms with van der Waals surface area (Å²) in [5.41, 5.74) is 0. The van der Waals surface area contributed by atoms with Crippen molar-refractivity contribution >= 4 is 27.7 Å². The van der Waals surface area contributed by atoms with Crippen LogP contribution in [0.5, 0.6) is 0 Å². The van der Waals surface area contributed by atoms with Crippen LogP contribution in [0.25, 0.3) is 0 Å². The number of nitrogens with zero attached hydrogens (tertiary/aromatic N) is 2. The largest absolute Gasteiger partial charge is 0.339 e. The molecule has 2 amide bonds. The highest BCUT2D eigenvalue weighted by Gasteiger charge is 2.32. The molecule has 0 bridgehead atoms. The van der Waals surface area contributed by atoms with E-state index in [1.54, 1.807) is 0 Å². The monoisotopic (exact) mass is 304 g/mol. The molecule has 1 aliphatic heterocycles. The van der Waals surface area contributed by atoms with Gasteiger partial charge >= 0.3 is 0 Å². The molecule has 0 aliphatic carbocycles. The van der Waals surface area contributed by atoms with Crippen LogP contribution in [0.2, 0.25) is 0 Å². The Balaban J connectivity index is 2.52. The van der Waals surface area contributed by atoms with Crippen molar-refractivity contribution in [3.05, 3.63) is 0 Å². The van der Waals surface area contributed by atoms with Gasteiger partial charge in [-0.25, -0.2) is 0 Å². The number of carbonyl (C=O) groups excluding carboxylic acids is 2. The van der Waals surface area contributed by atoms with Crippen molar-refractivity contribution in [2.24, 2.45) is 5.92 Å². The highest BCUT2D eigenvalue weighted by molar-refractivity contribution is 9.10. The van der Waals surface area contributed by atoms with Gasteiger partial charge in [0, 0.05) is 32.1 Å². The number of hydrogen-bond acceptors (Lipinski definition) is 2. The van der Waals surface area contributed by atoms with Gasteiger partial charge in [0.05, 0.1) is 4.32 Å². The summed E-state index contributed by atoms with van der Waals surface area (Å²) in [4.78, 5) is 27.5. The standard InChI is InChI=1S/C12H21BrN2O2/c1-9(2)10(16)14-5-7-15(8-6-14)11(17)12(3,4)13/h9H,5-8H2,1-4H3. The number of amides is 2. The van der Waals surface area contributed by atoms with Gasteiger partial charge in [-0.3, -0.25) is 9.59 Å². The molecular formula is C12H21BrN2O2. The average molecular weight is 305 g/mol. The molecule has 0 radical (unpaired) electrons. The van der Waals surface area contributed by atoms with Crippen LogP contribution in [0.1, 0.15) is 27.7 Å². The maximum absolute atomic E-state index is 12.0. The van der Waals surface area contributed by atoms with Crippen LogP contribution in [0.4, 0.5) is 0 Å². The molecule has 98 valence electrons. The Hall–Kier alpha value is -0.580. The van der Waals surface area contributed by atoms with E-state index in [0.29, 0.717) is 26.2 Å². The summed E-state index contributed by atoms with van der Waals surface area (Å²) >= 11 is 3.37. The lowest BCUT2D eigenvalue weighted by molar-refractivity contribution is -0.142. The second kappa shape index (κ2) is 5.38. The maximum atomic E-state index is 12.0. The van der Waals surface area contributed by atoms with E-state index in [0.717, 1.165) is 0 Å². The Morgan fingerprint density at radius 1 is 1.06 bits per heavy atom. The van der Waals surface area contributed by atoms with Gasteiger partial charge in [0.15, 0.2) is 0 Å². The fraction of sp³-hybridized carbons (Fsp3) is 0.833. The molecule has 1 rings (SSSR count). The van der Waals surface area contributed by atoms with Crippen LogP contribution in [0, 0.1) is 5.92 Å². The van der Waals surface area contributed by atoms with Crippen molar-refractivity contribution in [2.75, 3.05) is 26.2 Å². The molecule has 5 heteroatoms. The van der Waals surface area contributed by atoms with Crippen molar-refractivity contribution in [3.63, 3.8) is 0 Å². The SMILES string of the molecule is CC(C)C(=O)N1CCN(C(=O)C(C)(C)Br)CC1. The Bertz CT molecular complexity index is 302. The number of hydrogen-bond donors (Lipinski definition) is 0. The van der Waals surface area contributed by atoms with E-state index in [2.05, 4.69) is 15.9 Å². The molecule has 17 heavy (non-hydrogen) atoms. The highest BCUT2D eigenvalue weighted by Crippen LogP contribution is 2.20. The van der Waals surface area contributed by atoms with Crippen molar-refractivity contribution in [1.82, 2.24) is 9.80 Å². The molecule has 0 spiro atoms. The number of piperazine rings is 1. The lowest BCUT2D eigenvalue weighted by Crippen LogP contribution is -2.54. The molecule has 0 unspecified atom stereocenters. The van der Waals surface area contributed by atoms with Crippen molar-refractivity contribution in [3.8, 4) is 0 Å². The average Bonchev–Trinajstić information content (AvgIpc) is 2.26. The molecular weight excluding hydrogens is 284 g/mol. The number of carbonyl (C=O) groups is 2. The van der Waals surface area contributed by atoms with E-state index in [4.69, 9.17) is 0 Å². The van der Waals surface area contributed by atoms with E-state index in [1.807, 2.05) is 37.5 Å². The second-order valence-corrected chi connectivity index (χ2v) is 7.23. The summed E-state index contributed by atoms with van der Waals surface area (Å²) in [6.45, 7) is 10.1. The van der Waals surface area contributed by atoms with Gasteiger partial charge in [0.25, 0.3) is 0 Å². The lowest BCUT2D eigenvalue weighted by Gasteiger charge is -2.37. The minimum absolute atomic E-state index is 0.0323. The normalized spacial score (nSPS) is 17.5. The van der Waals surface area contributed by atoms with Gasteiger partial charge in [0.1, 0.15) is 0 Å². The van der Waals surface area contributed by atoms with Crippen LogP contribution in [-0.2, 0) is 9.59 Å². The second-order valence-electron chi connectivity index (χ2n) is 5.24. The molecule has 0 aromatic rings. The quantitative estimate of drug-likeness (QED) is 0.725. The fourth-order valence-electron chi connectivity index (χ4n) is 1.87. The molecule has 0 atom stereocenters. The van der Waals surface area contributed by atoms with Gasteiger partial charge in [-0.05, 0) is 13.8 Å². The van der Waals surface area contributed by atoms with Crippen LogP contribution < -0.4 is 0 Å². The van der Waals surface area contributed by atoms with Crippen LogP contribution in [0.15, 0.2) is 0 Å². The Morgan fingerprint density at radius 2 is 1.47 bits per heavy atom. The van der Waals surface area contributed by atoms with Crippen molar-refractivity contribution in [1.29, 1.82) is 0 Å². The van der Waals surface area contributed by atoms with Gasteiger partial charge in [0.2, 0.25) is 11.8 Å². The third-order valence-electron chi connectivity index (χ3n) is 2.88. The predicted octanol–water partition coefficient (Wildman–Crippen LogP) is 1.49. The minimum atomic E-state index is -0.517. The summed E-state index contributed by atoms with van der Waals surface area (Å²) in [5, 5.41) is 0. The van der Waals surface area contributed by atoms with Gasteiger partial charge in [-0.1, -0.05) is 29.8 Å². The van der Waals surface area contributed by atoms with E-state index in [1.165, 1.54) is 0 Å². The third kappa shape index (κ3) is 3.69. The summed E-state index contributed by atoms with van der Waals surface area (Å²) in [5.74, 6) is 0.300. The van der Waals surface area contributed by atoms with E-state index < -0.39 is 4.32 Å². The number of alkyl halides is 1. The smallest absolute Gasteiger partial charge is 0.239 e.